The van der Waals surface area contributed by atoms with Gasteiger partial charge in [0.25, 0.3) is 5.91 Å². The van der Waals surface area contributed by atoms with Crippen LogP contribution < -0.4 is 0 Å². The molecular formula is C12H13BrClNO. The Morgan fingerprint density at radius 2 is 2.25 bits per heavy atom. The summed E-state index contributed by atoms with van der Waals surface area (Å²) in [7, 11) is 0. The fourth-order valence-corrected chi connectivity index (χ4v) is 2.83. The zero-order chi connectivity index (χ0) is 11.5. The van der Waals surface area contributed by atoms with Gasteiger partial charge >= 0.3 is 0 Å². The molecule has 86 valence electrons. The zero-order valence-electron chi connectivity index (χ0n) is 8.83. The first-order valence-corrected chi connectivity index (χ1v) is 6.68. The number of hydrogen-bond donors (Lipinski definition) is 0. The number of halogens is 2. The Kier molecular flexibility index (Phi) is 3.87. The number of hydrogen-bond acceptors (Lipinski definition) is 1. The Hall–Kier alpha value is -0.540. The summed E-state index contributed by atoms with van der Waals surface area (Å²) < 4.78 is 0.847. The van der Waals surface area contributed by atoms with Crippen molar-refractivity contribution in [2.45, 2.75) is 18.9 Å². The van der Waals surface area contributed by atoms with E-state index in [4.69, 9.17) is 11.6 Å². The van der Waals surface area contributed by atoms with Gasteiger partial charge in [-0.25, -0.2) is 0 Å². The summed E-state index contributed by atoms with van der Waals surface area (Å²) in [5.74, 6) is 0.603. The van der Waals surface area contributed by atoms with Crippen LogP contribution in [-0.4, -0.2) is 29.3 Å². The average Bonchev–Trinajstić information content (AvgIpc) is 2.77. The number of carbonyl (C=O) groups is 1. The molecule has 2 nitrogen and oxygen atoms in total. The minimum atomic E-state index is 0.0793. The zero-order valence-corrected chi connectivity index (χ0v) is 11.2. The molecule has 1 fully saturated rings. The third-order valence-corrected chi connectivity index (χ3v) is 3.97. The van der Waals surface area contributed by atoms with Crippen molar-refractivity contribution >= 4 is 33.4 Å². The standard InChI is InChI=1S/C12H13BrClNO/c13-11-6-2-1-5-10(11)12(16)15-7-3-4-9(15)8-14/h1-2,5-6,9H,3-4,7-8H2. The molecule has 1 aromatic rings. The van der Waals surface area contributed by atoms with Gasteiger partial charge < -0.3 is 4.90 Å². The minimum Gasteiger partial charge on any atom is -0.334 e. The van der Waals surface area contributed by atoms with Gasteiger partial charge in [0.2, 0.25) is 0 Å². The quantitative estimate of drug-likeness (QED) is 0.768. The first-order valence-electron chi connectivity index (χ1n) is 5.35. The van der Waals surface area contributed by atoms with Crippen LogP contribution in [0.2, 0.25) is 0 Å². The van der Waals surface area contributed by atoms with Gasteiger partial charge in [0.1, 0.15) is 0 Å². The monoisotopic (exact) mass is 301 g/mol. The number of rotatable bonds is 2. The van der Waals surface area contributed by atoms with E-state index in [1.807, 2.05) is 29.2 Å². The topological polar surface area (TPSA) is 20.3 Å². The van der Waals surface area contributed by atoms with Crippen molar-refractivity contribution in [2.24, 2.45) is 0 Å². The first-order chi connectivity index (χ1) is 7.74. The third-order valence-electron chi connectivity index (χ3n) is 2.92. The average molecular weight is 303 g/mol. The lowest BCUT2D eigenvalue weighted by Gasteiger charge is -2.23. The van der Waals surface area contributed by atoms with E-state index in [9.17, 15) is 4.79 Å². The molecule has 0 bridgehead atoms. The van der Waals surface area contributed by atoms with Gasteiger partial charge in [0, 0.05) is 22.9 Å². The minimum absolute atomic E-state index is 0.0793. The summed E-state index contributed by atoms with van der Waals surface area (Å²) in [6.45, 7) is 0.817. The number of likely N-dealkylation sites (tertiary alicyclic amines) is 1. The van der Waals surface area contributed by atoms with Crippen LogP contribution in [0, 0.1) is 0 Å². The molecule has 0 aromatic heterocycles. The van der Waals surface area contributed by atoms with Crippen LogP contribution in [0.1, 0.15) is 23.2 Å². The molecule has 1 atom stereocenters. The van der Waals surface area contributed by atoms with Crippen molar-refractivity contribution in [3.8, 4) is 0 Å². The maximum Gasteiger partial charge on any atom is 0.255 e. The van der Waals surface area contributed by atoms with Crippen LogP contribution in [0.3, 0.4) is 0 Å². The molecule has 0 radical (unpaired) electrons. The van der Waals surface area contributed by atoms with Crippen LogP contribution in [-0.2, 0) is 0 Å². The highest BCUT2D eigenvalue weighted by molar-refractivity contribution is 9.10. The van der Waals surface area contributed by atoms with Crippen molar-refractivity contribution in [3.05, 3.63) is 34.3 Å². The molecule has 1 saturated heterocycles. The van der Waals surface area contributed by atoms with Crippen LogP contribution in [0.15, 0.2) is 28.7 Å². The van der Waals surface area contributed by atoms with Crippen molar-refractivity contribution < 1.29 is 4.79 Å². The highest BCUT2D eigenvalue weighted by Crippen LogP contribution is 2.24. The molecule has 1 heterocycles. The Morgan fingerprint density at radius 3 is 2.94 bits per heavy atom. The summed E-state index contributed by atoms with van der Waals surface area (Å²) in [5, 5.41) is 0. The largest absolute Gasteiger partial charge is 0.334 e. The molecule has 0 saturated carbocycles. The lowest BCUT2D eigenvalue weighted by atomic mass is 10.2. The molecule has 0 N–H and O–H groups in total. The molecule has 0 spiro atoms. The Morgan fingerprint density at radius 1 is 1.50 bits per heavy atom. The van der Waals surface area contributed by atoms with E-state index in [0.717, 1.165) is 29.4 Å². The molecule has 1 unspecified atom stereocenters. The van der Waals surface area contributed by atoms with Crippen molar-refractivity contribution in [1.29, 1.82) is 0 Å². The molecule has 1 aliphatic heterocycles. The SMILES string of the molecule is O=C(c1ccccc1Br)N1CCCC1CCl. The second-order valence-corrected chi connectivity index (χ2v) is 5.09. The van der Waals surface area contributed by atoms with E-state index >= 15 is 0 Å². The number of carbonyl (C=O) groups excluding carboxylic acids is 1. The second kappa shape index (κ2) is 5.19. The Labute approximate surface area is 109 Å². The molecule has 1 aliphatic rings. The summed E-state index contributed by atoms with van der Waals surface area (Å²) in [5.41, 5.74) is 0.722. The van der Waals surface area contributed by atoms with Gasteiger partial charge in [0.15, 0.2) is 0 Å². The molecule has 1 amide bonds. The number of amides is 1. The molecule has 2 rings (SSSR count). The van der Waals surface area contributed by atoms with Gasteiger partial charge in [-0.1, -0.05) is 12.1 Å². The summed E-state index contributed by atoms with van der Waals surface area (Å²) in [6, 6.07) is 7.71. The highest BCUT2D eigenvalue weighted by atomic mass is 79.9. The molecule has 1 aromatic carbocycles. The fourth-order valence-electron chi connectivity index (χ4n) is 2.05. The van der Waals surface area contributed by atoms with Crippen LogP contribution in [0.5, 0.6) is 0 Å². The molecular weight excluding hydrogens is 289 g/mol. The predicted molar refractivity (Wildman–Crippen MR) is 68.9 cm³/mol. The fraction of sp³-hybridized carbons (Fsp3) is 0.417. The Bertz CT molecular complexity index is 396. The summed E-state index contributed by atoms with van der Waals surface area (Å²) >= 11 is 9.27. The van der Waals surface area contributed by atoms with Gasteiger partial charge in [-0.05, 0) is 40.9 Å². The predicted octanol–water partition coefficient (Wildman–Crippen LogP) is 3.29. The third kappa shape index (κ3) is 2.25. The normalized spacial score (nSPS) is 20.1. The van der Waals surface area contributed by atoms with Gasteiger partial charge in [-0.2, -0.15) is 0 Å². The molecule has 4 heteroatoms. The summed E-state index contributed by atoms with van der Waals surface area (Å²) in [4.78, 5) is 14.2. The van der Waals surface area contributed by atoms with Crippen molar-refractivity contribution in [3.63, 3.8) is 0 Å². The van der Waals surface area contributed by atoms with Crippen LogP contribution in [0.25, 0.3) is 0 Å². The lowest BCUT2D eigenvalue weighted by Crippen LogP contribution is -2.36. The lowest BCUT2D eigenvalue weighted by molar-refractivity contribution is 0.0748. The van der Waals surface area contributed by atoms with Gasteiger partial charge in [0.05, 0.1) is 5.56 Å². The van der Waals surface area contributed by atoms with E-state index in [1.165, 1.54) is 0 Å². The second-order valence-electron chi connectivity index (χ2n) is 3.93. The number of alkyl halides is 1. The maximum atomic E-state index is 12.3. The summed E-state index contributed by atoms with van der Waals surface area (Å²) in [6.07, 6.45) is 2.06. The van der Waals surface area contributed by atoms with Crippen molar-refractivity contribution in [1.82, 2.24) is 4.90 Å². The van der Waals surface area contributed by atoms with E-state index in [-0.39, 0.29) is 11.9 Å². The van der Waals surface area contributed by atoms with E-state index in [1.54, 1.807) is 0 Å². The first kappa shape index (κ1) is 11.9. The smallest absolute Gasteiger partial charge is 0.255 e. The van der Waals surface area contributed by atoms with Crippen LogP contribution >= 0.6 is 27.5 Å². The van der Waals surface area contributed by atoms with Gasteiger partial charge in [-0.3, -0.25) is 4.79 Å². The van der Waals surface area contributed by atoms with Gasteiger partial charge in [-0.15, -0.1) is 11.6 Å². The number of nitrogens with zero attached hydrogens (tertiary/aromatic N) is 1. The molecule has 0 aliphatic carbocycles. The highest BCUT2D eigenvalue weighted by Gasteiger charge is 2.29. The van der Waals surface area contributed by atoms with E-state index in [0.29, 0.717) is 5.88 Å². The Balaban J connectivity index is 2.22. The number of benzene rings is 1. The maximum absolute atomic E-state index is 12.3. The van der Waals surface area contributed by atoms with Crippen molar-refractivity contribution in [2.75, 3.05) is 12.4 Å². The molecule has 16 heavy (non-hydrogen) atoms. The van der Waals surface area contributed by atoms with E-state index < -0.39 is 0 Å². The van der Waals surface area contributed by atoms with Crippen LogP contribution in [0.4, 0.5) is 0 Å². The van der Waals surface area contributed by atoms with E-state index in [2.05, 4.69) is 15.9 Å².